The first-order valence-electron chi connectivity index (χ1n) is 3.05. The van der Waals surface area contributed by atoms with Crippen LogP contribution in [0.5, 0.6) is 0 Å². The topological polar surface area (TPSA) is 0 Å². The Morgan fingerprint density at radius 1 is 1.38 bits per heavy atom. The molecule has 50 valence electrons. The van der Waals surface area contributed by atoms with Crippen LogP contribution in [0.3, 0.4) is 0 Å². The fourth-order valence-corrected chi connectivity index (χ4v) is 1.54. The summed E-state index contributed by atoms with van der Waals surface area (Å²) in [6.45, 7) is 2.21. The fraction of sp³-hybridized carbons (Fsp3) is 1.00. The van der Waals surface area contributed by atoms with Gasteiger partial charge >= 0.3 is 0 Å². The van der Waals surface area contributed by atoms with E-state index in [0.29, 0.717) is 0 Å². The Labute approximate surface area is 61.0 Å². The molecule has 0 N–H and O–H groups in total. The highest BCUT2D eigenvalue weighted by molar-refractivity contribution is 7.99. The van der Waals surface area contributed by atoms with Crippen LogP contribution in [0.15, 0.2) is 0 Å². The highest BCUT2D eigenvalue weighted by Gasteiger charge is 1.84. The van der Waals surface area contributed by atoms with Crippen molar-refractivity contribution in [2.75, 3.05) is 17.4 Å². The molecule has 0 aromatic heterocycles. The summed E-state index contributed by atoms with van der Waals surface area (Å²) in [5, 5.41) is 0. The van der Waals surface area contributed by atoms with E-state index in [2.05, 4.69) is 6.92 Å². The maximum atomic E-state index is 5.46. The molecule has 0 saturated carbocycles. The predicted octanol–water partition coefficient (Wildman–Crippen LogP) is 2.76. The van der Waals surface area contributed by atoms with E-state index in [0.717, 1.165) is 11.6 Å². The van der Waals surface area contributed by atoms with Crippen LogP contribution >= 0.6 is 23.4 Å². The summed E-state index contributed by atoms with van der Waals surface area (Å²) in [6.07, 6.45) is 2.64. The van der Waals surface area contributed by atoms with Crippen LogP contribution in [0.2, 0.25) is 0 Å². The van der Waals surface area contributed by atoms with E-state index in [1.54, 1.807) is 0 Å². The number of thioether (sulfide) groups is 1. The zero-order chi connectivity index (χ0) is 6.24. The molecule has 0 fully saturated rings. The number of hydrogen-bond acceptors (Lipinski definition) is 1. The molecule has 0 aliphatic carbocycles. The molecule has 0 atom stereocenters. The summed E-state index contributed by atoms with van der Waals surface area (Å²) in [5.74, 6) is 3.19. The summed E-state index contributed by atoms with van der Waals surface area (Å²) in [7, 11) is 0. The average Bonchev–Trinajstić information content (AvgIpc) is 1.81. The first kappa shape index (κ1) is 8.64. The molecule has 8 heavy (non-hydrogen) atoms. The van der Waals surface area contributed by atoms with E-state index < -0.39 is 0 Å². The van der Waals surface area contributed by atoms with Crippen LogP contribution in [-0.4, -0.2) is 17.4 Å². The number of rotatable bonds is 5. The van der Waals surface area contributed by atoms with E-state index in [4.69, 9.17) is 11.6 Å². The highest BCUT2D eigenvalue weighted by atomic mass is 35.5. The molecule has 0 aromatic rings. The number of hydrogen-bond donors (Lipinski definition) is 0. The second-order valence-corrected chi connectivity index (χ2v) is 3.26. The van der Waals surface area contributed by atoms with Crippen LogP contribution < -0.4 is 0 Å². The minimum absolute atomic E-state index is 0.800. The molecule has 0 heterocycles. The first-order valence-corrected chi connectivity index (χ1v) is 4.74. The lowest BCUT2D eigenvalue weighted by atomic mass is 10.4. The predicted molar refractivity (Wildman–Crippen MR) is 43.0 cm³/mol. The molecule has 0 aliphatic heterocycles. The molecule has 0 amide bonds. The van der Waals surface area contributed by atoms with Crippen molar-refractivity contribution in [2.45, 2.75) is 19.8 Å². The Balaban J connectivity index is 2.53. The molecule has 0 bridgehead atoms. The maximum Gasteiger partial charge on any atom is 0.0314 e. The summed E-state index contributed by atoms with van der Waals surface area (Å²) in [4.78, 5) is 0. The molecule has 0 rings (SSSR count). The Morgan fingerprint density at radius 2 is 2.12 bits per heavy atom. The van der Waals surface area contributed by atoms with Gasteiger partial charge in [-0.2, -0.15) is 11.8 Å². The fourth-order valence-electron chi connectivity index (χ4n) is 0.403. The summed E-state index contributed by atoms with van der Waals surface area (Å²) < 4.78 is 0. The third-order valence-corrected chi connectivity index (χ3v) is 2.35. The second kappa shape index (κ2) is 7.64. The minimum atomic E-state index is 0.800. The molecule has 0 saturated heterocycles. The molecule has 0 unspecified atom stereocenters. The quantitative estimate of drug-likeness (QED) is 0.431. The van der Waals surface area contributed by atoms with Crippen molar-refractivity contribution in [3.63, 3.8) is 0 Å². The number of alkyl halides is 1. The van der Waals surface area contributed by atoms with Gasteiger partial charge in [0, 0.05) is 11.6 Å². The number of halogens is 1. The zero-order valence-electron chi connectivity index (χ0n) is 5.32. The van der Waals surface area contributed by atoms with Gasteiger partial charge < -0.3 is 0 Å². The maximum absolute atomic E-state index is 5.46. The Hall–Kier alpha value is 0.640. The van der Waals surface area contributed by atoms with Crippen molar-refractivity contribution < 1.29 is 0 Å². The third-order valence-electron chi connectivity index (χ3n) is 0.864. The van der Waals surface area contributed by atoms with E-state index in [9.17, 15) is 0 Å². The number of unbranched alkanes of at least 4 members (excludes halogenated alkanes) is 1. The van der Waals surface area contributed by atoms with E-state index in [1.807, 2.05) is 11.8 Å². The smallest absolute Gasteiger partial charge is 0.0314 e. The zero-order valence-corrected chi connectivity index (χ0v) is 6.89. The normalized spacial score (nSPS) is 9.75. The Morgan fingerprint density at radius 3 is 2.62 bits per heavy atom. The van der Waals surface area contributed by atoms with E-state index >= 15 is 0 Å². The van der Waals surface area contributed by atoms with Crippen molar-refractivity contribution in [3.05, 3.63) is 0 Å². The van der Waals surface area contributed by atoms with Gasteiger partial charge in [-0.25, -0.2) is 0 Å². The van der Waals surface area contributed by atoms with Gasteiger partial charge in [-0.15, -0.1) is 11.6 Å². The standard InChI is InChI=1S/C6H13ClS/c1-2-3-5-8-6-4-7/h2-6H2,1H3. The van der Waals surface area contributed by atoms with Gasteiger partial charge in [0.15, 0.2) is 0 Å². The van der Waals surface area contributed by atoms with Gasteiger partial charge in [-0.05, 0) is 12.2 Å². The monoisotopic (exact) mass is 152 g/mol. The average molecular weight is 153 g/mol. The largest absolute Gasteiger partial charge is 0.161 e. The van der Waals surface area contributed by atoms with Gasteiger partial charge in [0.1, 0.15) is 0 Å². The van der Waals surface area contributed by atoms with Crippen LogP contribution in [0.1, 0.15) is 19.8 Å². The van der Waals surface area contributed by atoms with Crippen LogP contribution in [-0.2, 0) is 0 Å². The SMILES string of the molecule is CCCCSCCCl. The van der Waals surface area contributed by atoms with Gasteiger partial charge in [0.2, 0.25) is 0 Å². The van der Waals surface area contributed by atoms with Gasteiger partial charge in [-0.3, -0.25) is 0 Å². The molecule has 0 aliphatic rings. The van der Waals surface area contributed by atoms with Gasteiger partial charge in [-0.1, -0.05) is 13.3 Å². The molecule has 2 heteroatoms. The van der Waals surface area contributed by atoms with Gasteiger partial charge in [0.05, 0.1) is 0 Å². The third kappa shape index (κ3) is 6.64. The molecule has 0 aromatic carbocycles. The second-order valence-electron chi connectivity index (χ2n) is 1.65. The lowest BCUT2D eigenvalue weighted by molar-refractivity contribution is 0.896. The molecule has 0 radical (unpaired) electrons. The van der Waals surface area contributed by atoms with Crippen molar-refractivity contribution >= 4 is 23.4 Å². The van der Waals surface area contributed by atoms with Crippen molar-refractivity contribution in [3.8, 4) is 0 Å². The van der Waals surface area contributed by atoms with Gasteiger partial charge in [0.25, 0.3) is 0 Å². The lowest BCUT2D eigenvalue weighted by Crippen LogP contribution is -1.82. The Bertz CT molecular complexity index is 33.5. The van der Waals surface area contributed by atoms with E-state index in [1.165, 1.54) is 18.6 Å². The molecular formula is C6H13ClS. The van der Waals surface area contributed by atoms with Crippen LogP contribution in [0.25, 0.3) is 0 Å². The van der Waals surface area contributed by atoms with Crippen LogP contribution in [0.4, 0.5) is 0 Å². The van der Waals surface area contributed by atoms with Crippen molar-refractivity contribution in [2.24, 2.45) is 0 Å². The summed E-state index contributed by atoms with van der Waals surface area (Å²) in [6, 6.07) is 0. The molecular weight excluding hydrogens is 140 g/mol. The first-order chi connectivity index (χ1) is 3.91. The molecule has 0 nitrogen and oxygen atoms in total. The summed E-state index contributed by atoms with van der Waals surface area (Å²) in [5.41, 5.74) is 0. The lowest BCUT2D eigenvalue weighted by Gasteiger charge is -1.93. The van der Waals surface area contributed by atoms with Crippen molar-refractivity contribution in [1.29, 1.82) is 0 Å². The molecule has 0 spiro atoms. The van der Waals surface area contributed by atoms with E-state index in [-0.39, 0.29) is 0 Å². The summed E-state index contributed by atoms with van der Waals surface area (Å²) >= 11 is 7.41. The van der Waals surface area contributed by atoms with Crippen molar-refractivity contribution in [1.82, 2.24) is 0 Å². The Kier molecular flexibility index (Phi) is 8.25. The van der Waals surface area contributed by atoms with Crippen LogP contribution in [0, 0.1) is 0 Å². The minimum Gasteiger partial charge on any atom is -0.161 e. The highest BCUT2D eigenvalue weighted by Crippen LogP contribution is 2.03.